The fraction of sp³-hybridized carbons (Fsp3) is 0.350. The Balaban J connectivity index is 0.000000397. The zero-order chi connectivity index (χ0) is 20.7. The van der Waals surface area contributed by atoms with Crippen molar-refractivity contribution in [1.82, 2.24) is 5.48 Å². The minimum Gasteiger partial charge on any atom is -0.365 e. The first-order valence-electron chi connectivity index (χ1n) is 8.88. The number of fused-ring (bicyclic) bond motifs is 1. The van der Waals surface area contributed by atoms with Crippen LogP contribution in [0.2, 0.25) is 0 Å². The molecule has 152 valence electrons. The van der Waals surface area contributed by atoms with Crippen molar-refractivity contribution in [2.75, 3.05) is 22.9 Å². The summed E-state index contributed by atoms with van der Waals surface area (Å²) in [6.07, 6.45) is -4.53. The van der Waals surface area contributed by atoms with Crippen LogP contribution >= 0.6 is 0 Å². The van der Waals surface area contributed by atoms with Crippen molar-refractivity contribution < 1.29 is 23.2 Å². The Hall–Kier alpha value is -2.58. The summed E-state index contributed by atoms with van der Waals surface area (Å²) in [4.78, 5) is 14.8. The molecule has 1 heterocycles. The van der Waals surface area contributed by atoms with Crippen LogP contribution in [0.3, 0.4) is 0 Å². The zero-order valence-electron chi connectivity index (χ0n) is 15.7. The number of hydrogen-bond acceptors (Lipinski definition) is 4. The van der Waals surface area contributed by atoms with E-state index >= 15 is 0 Å². The molecular formula is C20H24F3N3O2. The number of para-hydroxylation sites is 2. The highest BCUT2D eigenvalue weighted by Gasteiger charge is 2.40. The second-order valence-electron chi connectivity index (χ2n) is 6.61. The lowest BCUT2D eigenvalue weighted by atomic mass is 10.2. The van der Waals surface area contributed by atoms with Gasteiger partial charge in [0.1, 0.15) is 12.6 Å². The van der Waals surface area contributed by atoms with Crippen molar-refractivity contribution in [2.24, 2.45) is 0 Å². The van der Waals surface area contributed by atoms with Gasteiger partial charge in [-0.2, -0.15) is 18.7 Å². The van der Waals surface area contributed by atoms with Crippen molar-refractivity contribution >= 4 is 17.3 Å². The molecule has 5 nitrogen and oxygen atoms in total. The average molecular weight is 395 g/mol. The van der Waals surface area contributed by atoms with E-state index in [1.807, 2.05) is 55.7 Å². The Bertz CT molecular complexity index is 727. The van der Waals surface area contributed by atoms with E-state index in [-0.39, 0.29) is 18.3 Å². The highest BCUT2D eigenvalue weighted by atomic mass is 19.4. The van der Waals surface area contributed by atoms with Crippen LogP contribution in [0.4, 0.5) is 24.5 Å². The number of rotatable bonds is 3. The van der Waals surface area contributed by atoms with Crippen molar-refractivity contribution in [1.29, 1.82) is 0 Å². The van der Waals surface area contributed by atoms with Gasteiger partial charge in [-0.25, -0.2) is 0 Å². The number of nitrogens with zero attached hydrogens (tertiary/aromatic N) is 2. The fourth-order valence-electron chi connectivity index (χ4n) is 2.93. The average Bonchev–Trinajstić information content (AvgIpc) is 2.78. The normalized spacial score (nSPS) is 17.0. The molecule has 0 spiro atoms. The van der Waals surface area contributed by atoms with Crippen molar-refractivity contribution in [3.63, 3.8) is 0 Å². The third-order valence-electron chi connectivity index (χ3n) is 4.21. The number of benzene rings is 2. The second kappa shape index (κ2) is 9.57. The molecule has 0 radical (unpaired) electrons. The summed E-state index contributed by atoms with van der Waals surface area (Å²) in [5.74, 6) is -0.810. The highest BCUT2D eigenvalue weighted by Crippen LogP contribution is 2.35. The molecule has 1 aliphatic heterocycles. The summed E-state index contributed by atoms with van der Waals surface area (Å²) in [7, 11) is 0. The predicted molar refractivity (Wildman–Crippen MR) is 102 cm³/mol. The van der Waals surface area contributed by atoms with Gasteiger partial charge < -0.3 is 10.1 Å². The lowest BCUT2D eigenvalue weighted by molar-refractivity contribution is -0.134. The monoisotopic (exact) mass is 395 g/mol. The first-order valence-corrected chi connectivity index (χ1v) is 8.88. The number of amides is 1. The molecule has 0 saturated heterocycles. The van der Waals surface area contributed by atoms with Gasteiger partial charge in [0, 0.05) is 12.6 Å². The number of nitrogens with one attached hydrogen (secondary N) is 1. The predicted octanol–water partition coefficient (Wildman–Crippen LogP) is 3.84. The van der Waals surface area contributed by atoms with Gasteiger partial charge in [-0.15, -0.1) is 0 Å². The van der Waals surface area contributed by atoms with Gasteiger partial charge in [0.25, 0.3) is 0 Å². The molecular weight excluding hydrogens is 371 g/mol. The lowest BCUT2D eigenvalue weighted by Crippen LogP contribution is -2.51. The fourth-order valence-corrected chi connectivity index (χ4v) is 2.93. The molecule has 2 aromatic carbocycles. The number of halogens is 3. The Morgan fingerprint density at radius 1 is 1.04 bits per heavy atom. The smallest absolute Gasteiger partial charge is 0.365 e. The summed E-state index contributed by atoms with van der Waals surface area (Å²) < 4.78 is 38.5. The number of hydrogen-bond donors (Lipinski definition) is 2. The molecule has 1 aliphatic rings. The maximum Gasteiger partial charge on any atom is 0.406 e. The number of hydroxylamine groups is 1. The molecule has 28 heavy (non-hydrogen) atoms. The van der Waals surface area contributed by atoms with E-state index in [0.29, 0.717) is 10.6 Å². The van der Waals surface area contributed by atoms with Gasteiger partial charge in [0.15, 0.2) is 0 Å². The van der Waals surface area contributed by atoms with Gasteiger partial charge >= 0.3 is 6.18 Å². The molecule has 0 fully saturated rings. The van der Waals surface area contributed by atoms with Crippen molar-refractivity contribution in [2.45, 2.75) is 32.1 Å². The van der Waals surface area contributed by atoms with Crippen LogP contribution in [-0.4, -0.2) is 42.5 Å². The minimum absolute atomic E-state index is 0.0457. The molecule has 2 N–H and O–H groups in total. The first kappa shape index (κ1) is 21.7. The molecule has 1 amide bonds. The quantitative estimate of drug-likeness (QED) is 0.776. The Morgan fingerprint density at radius 3 is 1.96 bits per heavy atom. The molecule has 2 aromatic rings. The topological polar surface area (TPSA) is 55.8 Å². The molecule has 8 heteroatoms. The summed E-state index contributed by atoms with van der Waals surface area (Å²) in [6.45, 7) is 2.43. The first-order chi connectivity index (χ1) is 13.2. The van der Waals surface area contributed by atoms with E-state index in [2.05, 4.69) is 0 Å². The van der Waals surface area contributed by atoms with Gasteiger partial charge in [-0.3, -0.25) is 9.69 Å². The van der Waals surface area contributed by atoms with Crippen LogP contribution in [0.15, 0.2) is 60.7 Å². The minimum atomic E-state index is -4.53. The van der Waals surface area contributed by atoms with Gasteiger partial charge in [0.2, 0.25) is 5.91 Å². The second-order valence-corrected chi connectivity index (χ2v) is 6.61. The molecule has 0 saturated carbocycles. The number of carbonyl (C=O) groups excluding carboxylic acids is 1. The van der Waals surface area contributed by atoms with E-state index in [4.69, 9.17) is 0 Å². The van der Waals surface area contributed by atoms with Crippen LogP contribution in [0.25, 0.3) is 0 Å². The Morgan fingerprint density at radius 2 is 1.54 bits per heavy atom. The molecule has 3 rings (SSSR count). The van der Waals surface area contributed by atoms with E-state index < -0.39 is 24.7 Å². The largest absolute Gasteiger partial charge is 0.406 e. The van der Waals surface area contributed by atoms with E-state index in [0.717, 1.165) is 0 Å². The summed E-state index contributed by atoms with van der Waals surface area (Å²) >= 11 is 0. The number of anilines is 2. The van der Waals surface area contributed by atoms with Crippen molar-refractivity contribution in [3.8, 4) is 0 Å². The maximum absolute atomic E-state index is 12.8. The number of carbonyl (C=O) groups is 1. The highest BCUT2D eigenvalue weighted by molar-refractivity contribution is 6.02. The van der Waals surface area contributed by atoms with E-state index in [1.54, 1.807) is 23.1 Å². The standard InChI is InChI=1S/C14H18F3N3O2.C6H6/c1-9(2)19-7-10(18-22)13(21)20(8-14(15,16)17)12-6-4-3-5-11(12)19;1-2-4-6-5-3-1/h3-6,9-10,18,22H,7-8H2,1-2H3;1-6H/t10-;/m1./s1. The van der Waals surface area contributed by atoms with Crippen LogP contribution in [-0.2, 0) is 4.79 Å². The van der Waals surface area contributed by atoms with Crippen LogP contribution in [0.5, 0.6) is 0 Å². The summed E-state index contributed by atoms with van der Waals surface area (Å²) in [6, 6.07) is 17.3. The summed E-state index contributed by atoms with van der Waals surface area (Å²) in [5, 5.41) is 9.18. The Labute approximate surface area is 162 Å². The summed E-state index contributed by atoms with van der Waals surface area (Å²) in [5.41, 5.74) is 2.55. The molecule has 0 aliphatic carbocycles. The van der Waals surface area contributed by atoms with Crippen LogP contribution in [0.1, 0.15) is 13.8 Å². The zero-order valence-corrected chi connectivity index (χ0v) is 15.7. The molecule has 0 bridgehead atoms. The van der Waals surface area contributed by atoms with Gasteiger partial charge in [0.05, 0.1) is 11.4 Å². The molecule has 1 atom stereocenters. The van der Waals surface area contributed by atoms with E-state index in [1.165, 1.54) is 6.07 Å². The van der Waals surface area contributed by atoms with Gasteiger partial charge in [-0.05, 0) is 26.0 Å². The van der Waals surface area contributed by atoms with Crippen molar-refractivity contribution in [3.05, 3.63) is 60.7 Å². The Kier molecular flexibility index (Phi) is 7.42. The van der Waals surface area contributed by atoms with E-state index in [9.17, 15) is 23.2 Å². The lowest BCUT2D eigenvalue weighted by Gasteiger charge is -2.30. The van der Waals surface area contributed by atoms with Crippen LogP contribution < -0.4 is 15.3 Å². The SMILES string of the molecule is CC(C)N1C[C@@H](NO)C(=O)N(CC(F)(F)F)c2ccccc21.c1ccccc1. The number of alkyl halides is 3. The third-order valence-corrected chi connectivity index (χ3v) is 4.21. The van der Waals surface area contributed by atoms with Gasteiger partial charge in [-0.1, -0.05) is 48.5 Å². The third kappa shape index (κ3) is 5.71. The molecule has 0 aromatic heterocycles. The molecule has 0 unspecified atom stereocenters. The van der Waals surface area contributed by atoms with Crippen LogP contribution in [0, 0.1) is 0 Å². The maximum atomic E-state index is 12.8.